The van der Waals surface area contributed by atoms with Crippen molar-refractivity contribution in [3.63, 3.8) is 0 Å². The molecule has 106 valence electrons. The van der Waals surface area contributed by atoms with Crippen molar-refractivity contribution < 1.29 is 0 Å². The molecule has 0 saturated carbocycles. The number of benzene rings is 1. The van der Waals surface area contributed by atoms with Crippen molar-refractivity contribution in [2.75, 3.05) is 24.5 Å². The van der Waals surface area contributed by atoms with Crippen LogP contribution in [0, 0.1) is 12.8 Å². The Morgan fingerprint density at radius 2 is 2.20 bits per heavy atom. The molecule has 0 spiro atoms. The molecule has 3 heteroatoms. The molecule has 1 saturated heterocycles. The summed E-state index contributed by atoms with van der Waals surface area (Å²) >= 11 is 0. The van der Waals surface area contributed by atoms with Crippen LogP contribution in [-0.4, -0.2) is 24.6 Å². The van der Waals surface area contributed by atoms with E-state index in [4.69, 9.17) is 5.73 Å². The minimum atomic E-state index is 0.737. The number of anilines is 1. The second-order valence-electron chi connectivity index (χ2n) is 5.83. The molecule has 1 atom stereocenters. The molecule has 0 amide bonds. The van der Waals surface area contributed by atoms with Gasteiger partial charge in [-0.3, -0.25) is 4.98 Å². The standard InChI is InChI=1S/C17H23N3/c1-13-11-17(15-6-2-3-7-16(15)19-13)20-10-4-5-14(12-20)8-9-18/h2-3,6-7,11,14H,4-5,8-10,12,18H2,1H3. The van der Waals surface area contributed by atoms with Crippen molar-refractivity contribution in [1.29, 1.82) is 0 Å². The number of hydrogen-bond donors (Lipinski definition) is 1. The Kier molecular flexibility index (Phi) is 3.88. The van der Waals surface area contributed by atoms with E-state index in [1.54, 1.807) is 0 Å². The Morgan fingerprint density at radius 1 is 1.35 bits per heavy atom. The van der Waals surface area contributed by atoms with Crippen LogP contribution in [0.3, 0.4) is 0 Å². The van der Waals surface area contributed by atoms with Gasteiger partial charge in [0.15, 0.2) is 0 Å². The molecule has 0 aliphatic carbocycles. The van der Waals surface area contributed by atoms with Gasteiger partial charge < -0.3 is 10.6 Å². The second kappa shape index (κ2) is 5.80. The Bertz CT molecular complexity index is 592. The molecule has 1 aliphatic heterocycles. The number of nitrogens with zero attached hydrogens (tertiary/aromatic N) is 2. The molecule has 1 unspecified atom stereocenters. The highest BCUT2D eigenvalue weighted by Gasteiger charge is 2.21. The summed E-state index contributed by atoms with van der Waals surface area (Å²) < 4.78 is 0. The van der Waals surface area contributed by atoms with Gasteiger partial charge in [0.05, 0.1) is 5.52 Å². The minimum absolute atomic E-state index is 0.737. The van der Waals surface area contributed by atoms with Gasteiger partial charge in [-0.1, -0.05) is 18.2 Å². The van der Waals surface area contributed by atoms with E-state index in [1.807, 2.05) is 0 Å². The third kappa shape index (κ3) is 2.63. The average molecular weight is 269 g/mol. The van der Waals surface area contributed by atoms with E-state index in [-0.39, 0.29) is 0 Å². The maximum absolute atomic E-state index is 5.73. The first kappa shape index (κ1) is 13.4. The van der Waals surface area contributed by atoms with Gasteiger partial charge >= 0.3 is 0 Å². The van der Waals surface area contributed by atoms with Gasteiger partial charge in [-0.05, 0) is 50.8 Å². The van der Waals surface area contributed by atoms with Crippen LogP contribution >= 0.6 is 0 Å². The summed E-state index contributed by atoms with van der Waals surface area (Å²) in [6.07, 6.45) is 3.72. The first-order valence-corrected chi connectivity index (χ1v) is 7.59. The zero-order valence-corrected chi connectivity index (χ0v) is 12.2. The van der Waals surface area contributed by atoms with Crippen LogP contribution in [0.15, 0.2) is 30.3 Å². The molecule has 0 radical (unpaired) electrons. The smallest absolute Gasteiger partial charge is 0.0726 e. The van der Waals surface area contributed by atoms with Crippen molar-refractivity contribution in [3.05, 3.63) is 36.0 Å². The summed E-state index contributed by atoms with van der Waals surface area (Å²) in [5.41, 5.74) is 9.27. The normalized spacial score (nSPS) is 19.5. The van der Waals surface area contributed by atoms with Gasteiger partial charge in [-0.15, -0.1) is 0 Å². The van der Waals surface area contributed by atoms with Gasteiger partial charge in [0, 0.05) is 29.9 Å². The second-order valence-corrected chi connectivity index (χ2v) is 5.83. The lowest BCUT2D eigenvalue weighted by molar-refractivity contribution is 0.396. The fourth-order valence-corrected chi connectivity index (χ4v) is 3.30. The zero-order valence-electron chi connectivity index (χ0n) is 12.2. The Hall–Kier alpha value is -1.61. The zero-order chi connectivity index (χ0) is 13.9. The number of hydrogen-bond acceptors (Lipinski definition) is 3. The highest BCUT2D eigenvalue weighted by atomic mass is 15.1. The van der Waals surface area contributed by atoms with Crippen LogP contribution in [-0.2, 0) is 0 Å². The summed E-state index contributed by atoms with van der Waals surface area (Å²) in [5.74, 6) is 0.737. The molecule has 2 heterocycles. The molecule has 2 aromatic rings. The van der Waals surface area contributed by atoms with E-state index < -0.39 is 0 Å². The number of fused-ring (bicyclic) bond motifs is 1. The van der Waals surface area contributed by atoms with Crippen LogP contribution in [0.2, 0.25) is 0 Å². The molecule has 1 aromatic carbocycles. The lowest BCUT2D eigenvalue weighted by atomic mass is 9.94. The quantitative estimate of drug-likeness (QED) is 0.931. The molecule has 1 aliphatic rings. The topological polar surface area (TPSA) is 42.1 Å². The molecular weight excluding hydrogens is 246 g/mol. The summed E-state index contributed by atoms with van der Waals surface area (Å²) in [6.45, 7) is 5.16. The van der Waals surface area contributed by atoms with E-state index in [1.165, 1.54) is 23.9 Å². The maximum atomic E-state index is 5.73. The van der Waals surface area contributed by atoms with Gasteiger partial charge in [-0.25, -0.2) is 0 Å². The predicted octanol–water partition coefficient (Wildman–Crippen LogP) is 3.11. The highest BCUT2D eigenvalue weighted by molar-refractivity contribution is 5.92. The lowest BCUT2D eigenvalue weighted by Crippen LogP contribution is -2.36. The summed E-state index contributed by atoms with van der Waals surface area (Å²) in [5, 5.41) is 1.27. The van der Waals surface area contributed by atoms with Crippen LogP contribution in [0.25, 0.3) is 10.9 Å². The largest absolute Gasteiger partial charge is 0.371 e. The minimum Gasteiger partial charge on any atom is -0.371 e. The van der Waals surface area contributed by atoms with Gasteiger partial charge in [0.1, 0.15) is 0 Å². The molecule has 3 rings (SSSR count). The summed E-state index contributed by atoms with van der Waals surface area (Å²) in [7, 11) is 0. The summed E-state index contributed by atoms with van der Waals surface area (Å²) in [4.78, 5) is 7.17. The monoisotopic (exact) mass is 269 g/mol. The van der Waals surface area contributed by atoms with E-state index >= 15 is 0 Å². The van der Waals surface area contributed by atoms with Crippen molar-refractivity contribution in [1.82, 2.24) is 4.98 Å². The Morgan fingerprint density at radius 3 is 3.05 bits per heavy atom. The van der Waals surface area contributed by atoms with E-state index in [2.05, 4.69) is 47.1 Å². The fraction of sp³-hybridized carbons (Fsp3) is 0.471. The van der Waals surface area contributed by atoms with Crippen molar-refractivity contribution >= 4 is 16.6 Å². The molecule has 1 aromatic heterocycles. The van der Waals surface area contributed by atoms with Crippen LogP contribution < -0.4 is 10.6 Å². The molecule has 20 heavy (non-hydrogen) atoms. The molecule has 0 bridgehead atoms. The van der Waals surface area contributed by atoms with Crippen molar-refractivity contribution in [3.8, 4) is 0 Å². The Balaban J connectivity index is 1.96. The van der Waals surface area contributed by atoms with Gasteiger partial charge in [-0.2, -0.15) is 0 Å². The number of nitrogens with two attached hydrogens (primary N) is 1. The number of rotatable bonds is 3. The Labute approximate surface area is 120 Å². The lowest BCUT2D eigenvalue weighted by Gasteiger charge is -2.35. The first-order chi connectivity index (χ1) is 9.78. The van der Waals surface area contributed by atoms with Gasteiger partial charge in [0.25, 0.3) is 0 Å². The first-order valence-electron chi connectivity index (χ1n) is 7.59. The van der Waals surface area contributed by atoms with Gasteiger partial charge in [0.2, 0.25) is 0 Å². The third-order valence-electron chi connectivity index (χ3n) is 4.26. The third-order valence-corrected chi connectivity index (χ3v) is 4.26. The number of para-hydroxylation sites is 1. The highest BCUT2D eigenvalue weighted by Crippen LogP contribution is 2.30. The van der Waals surface area contributed by atoms with Crippen LogP contribution in [0.4, 0.5) is 5.69 Å². The molecular formula is C17H23N3. The van der Waals surface area contributed by atoms with E-state index in [0.29, 0.717) is 0 Å². The number of piperidine rings is 1. The number of aromatic nitrogens is 1. The van der Waals surface area contributed by atoms with E-state index in [9.17, 15) is 0 Å². The predicted molar refractivity (Wildman–Crippen MR) is 85.1 cm³/mol. The molecule has 3 nitrogen and oxygen atoms in total. The molecule has 2 N–H and O–H groups in total. The van der Waals surface area contributed by atoms with Crippen LogP contribution in [0.5, 0.6) is 0 Å². The van der Waals surface area contributed by atoms with Crippen molar-refractivity contribution in [2.24, 2.45) is 11.7 Å². The number of pyridine rings is 1. The van der Waals surface area contributed by atoms with Crippen LogP contribution in [0.1, 0.15) is 25.0 Å². The number of aryl methyl sites for hydroxylation is 1. The SMILES string of the molecule is Cc1cc(N2CCCC(CCN)C2)c2ccccc2n1. The molecule has 1 fully saturated rings. The average Bonchev–Trinajstić information content (AvgIpc) is 2.47. The van der Waals surface area contributed by atoms with Crippen molar-refractivity contribution in [2.45, 2.75) is 26.2 Å². The fourth-order valence-electron chi connectivity index (χ4n) is 3.30. The summed E-state index contributed by atoms with van der Waals surface area (Å²) in [6, 6.07) is 10.7. The maximum Gasteiger partial charge on any atom is 0.0726 e. The van der Waals surface area contributed by atoms with E-state index in [0.717, 1.165) is 43.2 Å².